The smallest absolute Gasteiger partial charge is 0.319 e. The molecular weight excluding hydrogens is 574 g/mol. The zero-order valence-electron chi connectivity index (χ0n) is 22.4. The molecule has 0 saturated carbocycles. The Bertz CT molecular complexity index is 1660. The number of aromatic nitrogens is 5. The van der Waals surface area contributed by atoms with E-state index in [0.717, 1.165) is 13.1 Å². The average molecular weight is 601 g/mol. The van der Waals surface area contributed by atoms with Crippen LogP contribution in [0.15, 0.2) is 31.0 Å². The lowest BCUT2D eigenvalue weighted by Crippen LogP contribution is -2.48. The molecule has 41 heavy (non-hydrogen) atoms. The number of nitrogens with zero attached hydrogens (tertiary/aromatic N) is 7. The van der Waals surface area contributed by atoms with Gasteiger partial charge < -0.3 is 24.2 Å². The van der Waals surface area contributed by atoms with Crippen molar-refractivity contribution in [3.63, 3.8) is 0 Å². The number of rotatable bonds is 6. The first kappa shape index (κ1) is 27.4. The van der Waals surface area contributed by atoms with Gasteiger partial charge in [0.15, 0.2) is 5.75 Å². The molecule has 2 saturated heterocycles. The minimum absolute atomic E-state index is 0.00746. The van der Waals surface area contributed by atoms with E-state index < -0.39 is 5.82 Å². The van der Waals surface area contributed by atoms with Gasteiger partial charge in [-0.1, -0.05) is 36.7 Å². The lowest BCUT2D eigenvalue weighted by Gasteiger charge is -2.35. The van der Waals surface area contributed by atoms with E-state index in [9.17, 15) is 9.18 Å². The van der Waals surface area contributed by atoms with Crippen LogP contribution >= 0.6 is 23.2 Å². The summed E-state index contributed by atoms with van der Waals surface area (Å²) >= 11 is 12.8. The first-order chi connectivity index (χ1) is 19.7. The van der Waals surface area contributed by atoms with Crippen LogP contribution in [-0.4, -0.2) is 93.3 Å². The first-order valence-electron chi connectivity index (χ1n) is 13.1. The van der Waals surface area contributed by atoms with Gasteiger partial charge >= 0.3 is 6.01 Å². The van der Waals surface area contributed by atoms with Gasteiger partial charge in [0.25, 0.3) is 0 Å². The number of likely N-dealkylation sites (tertiary alicyclic amines) is 1. The number of aromatic amines is 1. The molecular formula is C27H27Cl2FN8O3. The molecule has 5 heterocycles. The molecule has 1 aromatic carbocycles. The molecule has 214 valence electrons. The van der Waals surface area contributed by atoms with E-state index in [0.29, 0.717) is 53.8 Å². The fourth-order valence-corrected chi connectivity index (χ4v) is 5.71. The van der Waals surface area contributed by atoms with Gasteiger partial charge in [-0.25, -0.2) is 4.39 Å². The second-order valence-corrected chi connectivity index (χ2v) is 11.0. The maximum absolute atomic E-state index is 14.7. The van der Waals surface area contributed by atoms with Crippen LogP contribution in [0.2, 0.25) is 10.2 Å². The number of H-pyrrole nitrogens is 1. The third kappa shape index (κ3) is 5.22. The van der Waals surface area contributed by atoms with Crippen molar-refractivity contribution in [1.82, 2.24) is 34.9 Å². The summed E-state index contributed by atoms with van der Waals surface area (Å²) in [5.74, 6) is 0.0413. The highest BCUT2D eigenvalue weighted by Crippen LogP contribution is 2.41. The molecule has 1 unspecified atom stereocenters. The van der Waals surface area contributed by atoms with Crippen molar-refractivity contribution >= 4 is 56.7 Å². The SMILES string of the molecule is C=CC(=O)N1CCN(c2nc(O[C@H]3CN(C)CC3C)nc3c(Oc4c(Cl)c(F)cc5[nH]ncc45)nc(Cl)cc23)CC1. The van der Waals surface area contributed by atoms with E-state index >= 15 is 0 Å². The van der Waals surface area contributed by atoms with Crippen molar-refractivity contribution in [2.45, 2.75) is 13.0 Å². The Kier molecular flexibility index (Phi) is 7.30. The molecule has 6 rings (SSSR count). The standard InChI is InChI=1S/C27H27Cl2FN8O3/c1-4-21(39)37-5-7-38(8-6-37)25-15-9-20(28)32-26(41-24-16-11-31-35-18(16)10-17(30)22(24)29)23(15)33-27(34-25)40-19-13-36(3)12-14(19)2/h4,9-11,14,19H,1,5-8,12-13H2,2-3H3,(H,31,35)/t14?,19-/m0/s1. The number of halogens is 3. The van der Waals surface area contributed by atoms with Gasteiger partial charge in [0.2, 0.25) is 11.8 Å². The number of benzene rings is 1. The zero-order valence-corrected chi connectivity index (χ0v) is 23.9. The van der Waals surface area contributed by atoms with Crippen LogP contribution in [0, 0.1) is 11.7 Å². The Morgan fingerprint density at radius 1 is 1.15 bits per heavy atom. The molecule has 2 aliphatic heterocycles. The first-order valence-corrected chi connectivity index (χ1v) is 13.9. The molecule has 14 heteroatoms. The number of amides is 1. The van der Waals surface area contributed by atoms with Crippen LogP contribution in [0.25, 0.3) is 21.8 Å². The summed E-state index contributed by atoms with van der Waals surface area (Å²) in [5.41, 5.74) is 0.717. The Morgan fingerprint density at radius 3 is 2.63 bits per heavy atom. The van der Waals surface area contributed by atoms with Gasteiger partial charge in [0.1, 0.15) is 33.4 Å². The number of fused-ring (bicyclic) bond motifs is 2. The molecule has 11 nitrogen and oxygen atoms in total. The number of piperazine rings is 1. The summed E-state index contributed by atoms with van der Waals surface area (Å²) in [5, 5.41) is 7.61. The van der Waals surface area contributed by atoms with Gasteiger partial charge in [-0.15, -0.1) is 0 Å². The second kappa shape index (κ2) is 10.9. The summed E-state index contributed by atoms with van der Waals surface area (Å²) in [6.07, 6.45) is 2.67. The van der Waals surface area contributed by atoms with Crippen molar-refractivity contribution in [2.75, 3.05) is 51.2 Å². The molecule has 4 aromatic rings. The Balaban J connectivity index is 1.46. The third-order valence-electron chi connectivity index (χ3n) is 7.42. The largest absolute Gasteiger partial charge is 0.458 e. The number of likely N-dealkylation sites (N-methyl/N-ethyl adjacent to an activating group) is 1. The van der Waals surface area contributed by atoms with E-state index in [1.54, 1.807) is 11.0 Å². The van der Waals surface area contributed by atoms with Crippen LogP contribution in [-0.2, 0) is 4.79 Å². The normalized spacial score (nSPS) is 19.7. The zero-order chi connectivity index (χ0) is 28.8. The van der Waals surface area contributed by atoms with Crippen molar-refractivity contribution in [3.05, 3.63) is 47.0 Å². The predicted octanol–water partition coefficient (Wildman–Crippen LogP) is 4.30. The molecule has 0 radical (unpaired) electrons. The van der Waals surface area contributed by atoms with E-state index in [1.165, 1.54) is 18.3 Å². The Labute approximate surface area is 244 Å². The molecule has 0 aliphatic carbocycles. The van der Waals surface area contributed by atoms with Crippen LogP contribution in [0.1, 0.15) is 6.92 Å². The maximum atomic E-state index is 14.7. The number of nitrogens with one attached hydrogen (secondary N) is 1. The number of pyridine rings is 1. The number of anilines is 1. The number of carbonyl (C=O) groups excluding carboxylic acids is 1. The van der Waals surface area contributed by atoms with Gasteiger partial charge in [-0.2, -0.15) is 20.1 Å². The van der Waals surface area contributed by atoms with Gasteiger partial charge in [-0.3, -0.25) is 9.89 Å². The number of ether oxygens (including phenoxy) is 2. The average Bonchev–Trinajstić information content (AvgIpc) is 3.55. The van der Waals surface area contributed by atoms with E-state index in [4.69, 9.17) is 42.6 Å². The molecule has 2 aliphatic rings. The monoisotopic (exact) mass is 600 g/mol. The maximum Gasteiger partial charge on any atom is 0.319 e. The molecule has 3 aromatic heterocycles. The van der Waals surface area contributed by atoms with Crippen LogP contribution in [0.5, 0.6) is 17.6 Å². The van der Waals surface area contributed by atoms with Crippen LogP contribution < -0.4 is 14.4 Å². The van der Waals surface area contributed by atoms with Crippen molar-refractivity contribution in [1.29, 1.82) is 0 Å². The number of hydrogen-bond donors (Lipinski definition) is 1. The van der Waals surface area contributed by atoms with Crippen LogP contribution in [0.3, 0.4) is 0 Å². The highest BCUT2D eigenvalue weighted by Gasteiger charge is 2.31. The highest BCUT2D eigenvalue weighted by molar-refractivity contribution is 6.33. The fraction of sp³-hybridized carbons (Fsp3) is 0.370. The topological polar surface area (TPSA) is 113 Å². The van der Waals surface area contributed by atoms with Crippen molar-refractivity contribution in [2.24, 2.45) is 5.92 Å². The fourth-order valence-electron chi connectivity index (χ4n) is 5.33. The predicted molar refractivity (Wildman–Crippen MR) is 154 cm³/mol. The molecule has 2 atom stereocenters. The van der Waals surface area contributed by atoms with Crippen LogP contribution in [0.4, 0.5) is 10.2 Å². The Morgan fingerprint density at radius 2 is 1.93 bits per heavy atom. The summed E-state index contributed by atoms with van der Waals surface area (Å²) in [6.45, 7) is 9.29. The van der Waals surface area contributed by atoms with E-state index in [2.05, 4.69) is 33.6 Å². The quantitative estimate of drug-likeness (QED) is 0.255. The summed E-state index contributed by atoms with van der Waals surface area (Å²) < 4.78 is 27.2. The summed E-state index contributed by atoms with van der Waals surface area (Å²) in [4.78, 5) is 32.0. The highest BCUT2D eigenvalue weighted by atomic mass is 35.5. The molecule has 0 spiro atoms. The Hall–Kier alpha value is -3.74. The summed E-state index contributed by atoms with van der Waals surface area (Å²) in [7, 11) is 2.04. The van der Waals surface area contributed by atoms with Gasteiger partial charge in [0, 0.05) is 51.3 Å². The van der Waals surface area contributed by atoms with E-state index in [-0.39, 0.29) is 45.7 Å². The molecule has 1 amide bonds. The van der Waals surface area contributed by atoms with Gasteiger partial charge in [-0.05, 0) is 19.2 Å². The van der Waals surface area contributed by atoms with Crippen molar-refractivity contribution in [3.8, 4) is 17.6 Å². The minimum Gasteiger partial charge on any atom is -0.458 e. The third-order valence-corrected chi connectivity index (χ3v) is 7.97. The lowest BCUT2D eigenvalue weighted by atomic mass is 10.1. The minimum atomic E-state index is -0.685. The van der Waals surface area contributed by atoms with E-state index in [1.807, 2.05) is 11.9 Å². The van der Waals surface area contributed by atoms with Crippen molar-refractivity contribution < 1.29 is 18.7 Å². The molecule has 0 bridgehead atoms. The summed E-state index contributed by atoms with van der Waals surface area (Å²) in [6, 6.07) is 3.04. The lowest BCUT2D eigenvalue weighted by molar-refractivity contribution is -0.126. The number of hydrogen-bond acceptors (Lipinski definition) is 9. The number of carbonyl (C=O) groups is 1. The molecule has 2 fully saturated rings. The molecule has 1 N–H and O–H groups in total. The van der Waals surface area contributed by atoms with Gasteiger partial charge in [0.05, 0.1) is 22.5 Å². The second-order valence-electron chi connectivity index (χ2n) is 10.3.